The molecule has 0 spiro atoms. The van der Waals surface area contributed by atoms with Crippen molar-refractivity contribution in [2.24, 2.45) is 0 Å². The van der Waals surface area contributed by atoms with Crippen molar-refractivity contribution >= 4 is 11.9 Å². The van der Waals surface area contributed by atoms with Crippen molar-refractivity contribution in [1.29, 1.82) is 0 Å². The van der Waals surface area contributed by atoms with Crippen molar-refractivity contribution in [2.45, 2.75) is 52.4 Å². The van der Waals surface area contributed by atoms with Gasteiger partial charge in [0.25, 0.3) is 0 Å². The summed E-state index contributed by atoms with van der Waals surface area (Å²) in [6.45, 7) is 4.30. The predicted molar refractivity (Wildman–Crippen MR) is 127 cm³/mol. The number of benzene rings is 3. The van der Waals surface area contributed by atoms with Crippen molar-refractivity contribution in [3.8, 4) is 16.9 Å². The molecular formula is C28H30O4. The van der Waals surface area contributed by atoms with E-state index in [4.69, 9.17) is 4.74 Å². The standard InChI is InChI=1S/C28H30O4/c1-3-5-7-20-9-13-22(14-10-20)26-19-24(17-18-25(26)27(29)30)32-28(31)23-15-11-21(12-16-23)8-6-4-2/h9-19H,3-8H2,1-2H3,(H,29,30). The van der Waals surface area contributed by atoms with Crippen molar-refractivity contribution in [2.75, 3.05) is 0 Å². The van der Waals surface area contributed by atoms with Crippen LogP contribution in [0.5, 0.6) is 5.75 Å². The topological polar surface area (TPSA) is 63.6 Å². The van der Waals surface area contributed by atoms with Crippen molar-refractivity contribution in [3.63, 3.8) is 0 Å². The van der Waals surface area contributed by atoms with Gasteiger partial charge in [-0.1, -0.05) is 63.1 Å². The summed E-state index contributed by atoms with van der Waals surface area (Å²) in [5.74, 6) is -1.16. The minimum absolute atomic E-state index is 0.173. The molecule has 166 valence electrons. The van der Waals surface area contributed by atoms with Gasteiger partial charge in [0.05, 0.1) is 11.1 Å². The van der Waals surface area contributed by atoms with Crippen LogP contribution in [0.3, 0.4) is 0 Å². The zero-order valence-electron chi connectivity index (χ0n) is 18.8. The average molecular weight is 431 g/mol. The van der Waals surface area contributed by atoms with E-state index in [2.05, 4.69) is 13.8 Å². The number of carboxylic acids is 1. The largest absolute Gasteiger partial charge is 0.478 e. The highest BCUT2D eigenvalue weighted by molar-refractivity contribution is 5.97. The molecule has 4 heteroatoms. The van der Waals surface area contributed by atoms with Crippen LogP contribution in [0, 0.1) is 0 Å². The van der Waals surface area contributed by atoms with Gasteiger partial charge >= 0.3 is 11.9 Å². The SMILES string of the molecule is CCCCc1ccc(C(=O)Oc2ccc(C(=O)O)c(-c3ccc(CCCC)cc3)c2)cc1. The lowest BCUT2D eigenvalue weighted by Crippen LogP contribution is -2.09. The molecular weight excluding hydrogens is 400 g/mol. The maximum Gasteiger partial charge on any atom is 0.343 e. The molecule has 0 aliphatic carbocycles. The van der Waals surface area contributed by atoms with Crippen LogP contribution < -0.4 is 4.74 Å². The summed E-state index contributed by atoms with van der Waals surface area (Å²) in [4.78, 5) is 24.4. The lowest BCUT2D eigenvalue weighted by atomic mass is 9.97. The number of ether oxygens (including phenoxy) is 1. The molecule has 0 aliphatic heterocycles. The molecule has 4 nitrogen and oxygen atoms in total. The second-order valence-electron chi connectivity index (χ2n) is 8.00. The molecule has 0 atom stereocenters. The molecule has 0 amide bonds. The zero-order chi connectivity index (χ0) is 22.9. The molecule has 0 saturated heterocycles. The molecule has 0 saturated carbocycles. The predicted octanol–water partition coefficient (Wildman–Crippen LogP) is 6.96. The fourth-order valence-electron chi connectivity index (χ4n) is 3.60. The Labute approximate surface area is 189 Å². The summed E-state index contributed by atoms with van der Waals surface area (Å²) in [5.41, 5.74) is 4.36. The van der Waals surface area contributed by atoms with Gasteiger partial charge in [-0.15, -0.1) is 0 Å². The van der Waals surface area contributed by atoms with E-state index in [0.29, 0.717) is 16.9 Å². The van der Waals surface area contributed by atoms with E-state index in [1.54, 1.807) is 18.2 Å². The maximum absolute atomic E-state index is 12.6. The van der Waals surface area contributed by atoms with Crippen molar-refractivity contribution in [3.05, 3.63) is 89.0 Å². The van der Waals surface area contributed by atoms with Crippen molar-refractivity contribution in [1.82, 2.24) is 0 Å². The van der Waals surface area contributed by atoms with Crippen LogP contribution in [-0.4, -0.2) is 17.0 Å². The number of unbranched alkanes of at least 4 members (excludes halogenated alkanes) is 2. The Kier molecular flexibility index (Phi) is 8.20. The van der Waals surface area contributed by atoms with Gasteiger partial charge in [0.1, 0.15) is 5.75 Å². The van der Waals surface area contributed by atoms with E-state index in [0.717, 1.165) is 44.1 Å². The van der Waals surface area contributed by atoms with E-state index >= 15 is 0 Å². The molecule has 0 aromatic heterocycles. The van der Waals surface area contributed by atoms with Crippen LogP contribution in [0.4, 0.5) is 0 Å². The number of carbonyl (C=O) groups excluding carboxylic acids is 1. The van der Waals surface area contributed by atoms with E-state index in [1.165, 1.54) is 23.3 Å². The Hall–Kier alpha value is -3.40. The normalized spacial score (nSPS) is 10.7. The van der Waals surface area contributed by atoms with Crippen molar-refractivity contribution < 1.29 is 19.4 Å². The fraction of sp³-hybridized carbons (Fsp3) is 0.286. The first-order valence-electron chi connectivity index (χ1n) is 11.3. The molecule has 3 aromatic carbocycles. The molecule has 0 radical (unpaired) electrons. The van der Waals surface area contributed by atoms with Gasteiger partial charge in [0.15, 0.2) is 0 Å². The van der Waals surface area contributed by atoms with Gasteiger partial charge in [-0.05, 0) is 78.3 Å². The molecule has 0 heterocycles. The fourth-order valence-corrected chi connectivity index (χ4v) is 3.60. The quantitative estimate of drug-likeness (QED) is 0.279. The number of hydrogen-bond acceptors (Lipinski definition) is 3. The molecule has 0 unspecified atom stereocenters. The molecule has 3 rings (SSSR count). The minimum atomic E-state index is -1.02. The Morgan fingerprint density at radius 3 is 1.88 bits per heavy atom. The third-order valence-corrected chi connectivity index (χ3v) is 5.52. The summed E-state index contributed by atoms with van der Waals surface area (Å²) >= 11 is 0. The monoisotopic (exact) mass is 430 g/mol. The highest BCUT2D eigenvalue weighted by atomic mass is 16.5. The molecule has 0 aliphatic rings. The first kappa shape index (κ1) is 23.3. The number of aryl methyl sites for hydroxylation is 2. The summed E-state index contributed by atoms with van der Waals surface area (Å²) in [5, 5.41) is 9.63. The number of carbonyl (C=O) groups is 2. The van der Waals surface area contributed by atoms with Gasteiger partial charge < -0.3 is 9.84 Å². The highest BCUT2D eigenvalue weighted by Gasteiger charge is 2.15. The smallest absolute Gasteiger partial charge is 0.343 e. The molecule has 3 aromatic rings. The first-order valence-corrected chi connectivity index (χ1v) is 11.3. The Morgan fingerprint density at radius 2 is 1.34 bits per heavy atom. The Morgan fingerprint density at radius 1 is 0.781 bits per heavy atom. The maximum atomic E-state index is 12.6. The molecule has 1 N–H and O–H groups in total. The number of rotatable bonds is 10. The third kappa shape index (κ3) is 6.07. The van der Waals surface area contributed by atoms with Crippen LogP contribution in [-0.2, 0) is 12.8 Å². The molecule has 0 fully saturated rings. The lowest BCUT2D eigenvalue weighted by Gasteiger charge is -2.11. The summed E-state index contributed by atoms with van der Waals surface area (Å²) in [6, 6.07) is 20.0. The summed E-state index contributed by atoms with van der Waals surface area (Å²) < 4.78 is 5.56. The molecule has 32 heavy (non-hydrogen) atoms. The van der Waals surface area contributed by atoms with Crippen LogP contribution in [0.15, 0.2) is 66.7 Å². The molecule has 0 bridgehead atoms. The van der Waals surface area contributed by atoms with Crippen LogP contribution in [0.1, 0.15) is 71.4 Å². The van der Waals surface area contributed by atoms with E-state index < -0.39 is 11.9 Å². The number of carboxylic acid groups (broad SMARTS) is 1. The lowest BCUT2D eigenvalue weighted by molar-refractivity contribution is 0.0697. The first-order chi connectivity index (χ1) is 15.5. The Bertz CT molecular complexity index is 1050. The van der Waals surface area contributed by atoms with E-state index in [1.807, 2.05) is 36.4 Å². The summed E-state index contributed by atoms with van der Waals surface area (Å²) in [7, 11) is 0. The number of aromatic carboxylic acids is 1. The van der Waals surface area contributed by atoms with Crippen LogP contribution in [0.25, 0.3) is 11.1 Å². The van der Waals surface area contributed by atoms with E-state index in [-0.39, 0.29) is 5.56 Å². The Balaban J connectivity index is 1.81. The third-order valence-electron chi connectivity index (χ3n) is 5.52. The number of esters is 1. The van der Waals surface area contributed by atoms with Gasteiger partial charge in [0, 0.05) is 0 Å². The van der Waals surface area contributed by atoms with Gasteiger partial charge in [0.2, 0.25) is 0 Å². The van der Waals surface area contributed by atoms with Gasteiger partial charge in [-0.25, -0.2) is 9.59 Å². The van der Waals surface area contributed by atoms with E-state index in [9.17, 15) is 14.7 Å². The summed E-state index contributed by atoms with van der Waals surface area (Å²) in [6.07, 6.45) is 6.47. The second-order valence-corrected chi connectivity index (χ2v) is 8.00. The zero-order valence-corrected chi connectivity index (χ0v) is 18.8. The second kappa shape index (κ2) is 11.3. The highest BCUT2D eigenvalue weighted by Crippen LogP contribution is 2.29. The number of hydrogen-bond donors (Lipinski definition) is 1. The van der Waals surface area contributed by atoms with Crippen LogP contribution >= 0.6 is 0 Å². The average Bonchev–Trinajstić information content (AvgIpc) is 2.82. The van der Waals surface area contributed by atoms with Crippen LogP contribution in [0.2, 0.25) is 0 Å². The minimum Gasteiger partial charge on any atom is -0.478 e. The van der Waals surface area contributed by atoms with Gasteiger partial charge in [-0.2, -0.15) is 0 Å². The van der Waals surface area contributed by atoms with Gasteiger partial charge in [-0.3, -0.25) is 0 Å².